The maximum atomic E-state index is 13.5. The summed E-state index contributed by atoms with van der Waals surface area (Å²) in [5.41, 5.74) is 2.69. The molecule has 182 valence electrons. The van der Waals surface area contributed by atoms with Crippen molar-refractivity contribution in [3.63, 3.8) is 0 Å². The molecule has 7 heteroatoms. The summed E-state index contributed by atoms with van der Waals surface area (Å²) >= 11 is 0. The highest BCUT2D eigenvalue weighted by molar-refractivity contribution is 5.89. The first-order valence-corrected chi connectivity index (χ1v) is 11.9. The molecule has 0 unspecified atom stereocenters. The van der Waals surface area contributed by atoms with Gasteiger partial charge in [0.15, 0.2) is 11.5 Å². The molecule has 0 radical (unpaired) electrons. The van der Waals surface area contributed by atoms with Crippen LogP contribution in [0.1, 0.15) is 47.3 Å². The minimum absolute atomic E-state index is 0.148. The average Bonchev–Trinajstić information content (AvgIpc) is 3.41. The fourth-order valence-electron chi connectivity index (χ4n) is 4.57. The lowest BCUT2D eigenvalue weighted by Gasteiger charge is -2.18. The van der Waals surface area contributed by atoms with Gasteiger partial charge in [-0.3, -0.25) is 9.20 Å². The maximum absolute atomic E-state index is 13.5. The van der Waals surface area contributed by atoms with Gasteiger partial charge in [0, 0.05) is 11.8 Å². The summed E-state index contributed by atoms with van der Waals surface area (Å²) in [6.07, 6.45) is 9.83. The number of fused-ring (bicyclic) bond motifs is 1. The van der Waals surface area contributed by atoms with E-state index >= 15 is 0 Å². The maximum Gasteiger partial charge on any atom is 0.335 e. The zero-order valence-corrected chi connectivity index (χ0v) is 19.9. The molecule has 0 spiro atoms. The van der Waals surface area contributed by atoms with Crippen molar-refractivity contribution < 1.29 is 19.4 Å². The Kier molecular flexibility index (Phi) is 6.54. The van der Waals surface area contributed by atoms with Crippen molar-refractivity contribution in [2.24, 2.45) is 0 Å². The normalized spacial score (nSPS) is 13.9. The van der Waals surface area contributed by atoms with Crippen molar-refractivity contribution in [2.75, 3.05) is 7.11 Å². The molecule has 7 nitrogen and oxygen atoms in total. The summed E-state index contributed by atoms with van der Waals surface area (Å²) in [7, 11) is 1.62. The van der Waals surface area contributed by atoms with Gasteiger partial charge in [-0.05, 0) is 73.7 Å². The molecule has 1 saturated carbocycles. The van der Waals surface area contributed by atoms with Crippen molar-refractivity contribution in [1.82, 2.24) is 9.38 Å². The second-order valence-corrected chi connectivity index (χ2v) is 8.72. The molecular formula is C29H26N2O5. The van der Waals surface area contributed by atoms with E-state index in [1.807, 2.05) is 30.3 Å². The van der Waals surface area contributed by atoms with Crippen LogP contribution >= 0.6 is 0 Å². The molecule has 36 heavy (non-hydrogen) atoms. The number of methoxy groups -OCH3 is 1. The Bertz CT molecular complexity index is 1500. The second kappa shape index (κ2) is 10.1. The van der Waals surface area contributed by atoms with Gasteiger partial charge >= 0.3 is 5.97 Å². The van der Waals surface area contributed by atoms with Crippen LogP contribution in [0.5, 0.6) is 11.5 Å². The van der Waals surface area contributed by atoms with E-state index in [-0.39, 0.29) is 17.2 Å². The van der Waals surface area contributed by atoms with Crippen molar-refractivity contribution in [3.05, 3.63) is 94.0 Å². The van der Waals surface area contributed by atoms with Crippen LogP contribution in [0.2, 0.25) is 0 Å². The third-order valence-electron chi connectivity index (χ3n) is 6.42. The van der Waals surface area contributed by atoms with Crippen molar-refractivity contribution in [2.45, 2.75) is 31.8 Å². The molecule has 0 bridgehead atoms. The fourth-order valence-corrected chi connectivity index (χ4v) is 4.57. The number of pyridine rings is 1. The number of aromatic nitrogens is 2. The number of rotatable bonds is 7. The Labute approximate surface area is 208 Å². The highest BCUT2D eigenvalue weighted by atomic mass is 16.5. The monoisotopic (exact) mass is 482 g/mol. The molecule has 0 atom stereocenters. The second-order valence-electron chi connectivity index (χ2n) is 8.72. The van der Waals surface area contributed by atoms with E-state index in [9.17, 15) is 14.7 Å². The summed E-state index contributed by atoms with van der Waals surface area (Å²) in [6.45, 7) is 0. The Balaban J connectivity index is 1.62. The first kappa shape index (κ1) is 23.4. The van der Waals surface area contributed by atoms with Gasteiger partial charge in [-0.1, -0.05) is 30.3 Å². The molecule has 2 heterocycles. The molecule has 2 aromatic carbocycles. The van der Waals surface area contributed by atoms with Gasteiger partial charge in [-0.15, -0.1) is 0 Å². The fraction of sp³-hybridized carbons (Fsp3) is 0.207. The topological polar surface area (TPSA) is 90.1 Å². The van der Waals surface area contributed by atoms with Crippen LogP contribution in [0.4, 0.5) is 0 Å². The number of carboxylic acid groups (broad SMARTS) is 1. The molecule has 0 aliphatic heterocycles. The number of benzene rings is 2. The van der Waals surface area contributed by atoms with E-state index < -0.39 is 5.97 Å². The summed E-state index contributed by atoms with van der Waals surface area (Å²) < 4.78 is 13.4. The van der Waals surface area contributed by atoms with Crippen molar-refractivity contribution in [3.8, 4) is 22.6 Å². The first-order valence-electron chi connectivity index (χ1n) is 11.9. The van der Waals surface area contributed by atoms with Crippen LogP contribution < -0.4 is 15.0 Å². The molecule has 1 aliphatic carbocycles. The number of aromatic carboxylic acids is 1. The van der Waals surface area contributed by atoms with Gasteiger partial charge in [0.25, 0.3) is 5.56 Å². The van der Waals surface area contributed by atoms with Gasteiger partial charge in [0.2, 0.25) is 0 Å². The Morgan fingerprint density at radius 1 is 1.03 bits per heavy atom. The quantitative estimate of drug-likeness (QED) is 0.371. The third-order valence-corrected chi connectivity index (χ3v) is 6.42. The number of nitrogens with zero attached hydrogens (tertiary/aromatic N) is 2. The molecule has 1 N–H and O–H groups in total. The number of carbonyl (C=O) groups is 1. The Hall–Kier alpha value is -4.39. The highest BCUT2D eigenvalue weighted by Crippen LogP contribution is 2.36. The largest absolute Gasteiger partial charge is 0.493 e. The van der Waals surface area contributed by atoms with E-state index in [0.29, 0.717) is 34.0 Å². The Morgan fingerprint density at radius 3 is 2.53 bits per heavy atom. The number of para-hydroxylation sites is 1. The predicted molar refractivity (Wildman–Crippen MR) is 139 cm³/mol. The lowest BCUT2D eigenvalue weighted by molar-refractivity contribution is 0.0697. The van der Waals surface area contributed by atoms with Gasteiger partial charge < -0.3 is 14.6 Å². The molecule has 0 amide bonds. The van der Waals surface area contributed by atoms with E-state index in [2.05, 4.69) is 0 Å². The molecule has 5 rings (SSSR count). The predicted octanol–water partition coefficient (Wildman–Crippen LogP) is 5.56. The smallest absolute Gasteiger partial charge is 0.335 e. The number of hydrogen-bond donors (Lipinski definition) is 1. The van der Waals surface area contributed by atoms with Gasteiger partial charge in [0.05, 0.1) is 30.0 Å². The van der Waals surface area contributed by atoms with Gasteiger partial charge in [-0.2, -0.15) is 0 Å². The molecule has 4 aromatic rings. The number of hydrogen-bond acceptors (Lipinski definition) is 5. The SMILES string of the molecule is COc1cccc(C=Cc2nc3ccccn3c(=O)c2-c2ccc(C(=O)O)cc2)c1OC1CCCC1. The van der Waals surface area contributed by atoms with Gasteiger partial charge in [-0.25, -0.2) is 9.78 Å². The van der Waals surface area contributed by atoms with Crippen molar-refractivity contribution >= 4 is 23.8 Å². The highest BCUT2D eigenvalue weighted by Gasteiger charge is 2.20. The zero-order valence-electron chi connectivity index (χ0n) is 19.9. The third kappa shape index (κ3) is 4.60. The zero-order chi connectivity index (χ0) is 25.1. The molecule has 2 aromatic heterocycles. The molecule has 0 saturated heterocycles. The van der Waals surface area contributed by atoms with Crippen LogP contribution in [-0.4, -0.2) is 33.7 Å². The van der Waals surface area contributed by atoms with Crippen LogP contribution in [0.15, 0.2) is 71.7 Å². The van der Waals surface area contributed by atoms with Crippen LogP contribution in [0, 0.1) is 0 Å². The first-order chi connectivity index (χ1) is 17.5. The van der Waals surface area contributed by atoms with Crippen molar-refractivity contribution in [1.29, 1.82) is 0 Å². The molecular weight excluding hydrogens is 456 g/mol. The van der Waals surface area contributed by atoms with Crippen LogP contribution in [-0.2, 0) is 0 Å². The van der Waals surface area contributed by atoms with E-state index in [1.54, 1.807) is 43.6 Å². The van der Waals surface area contributed by atoms with E-state index in [4.69, 9.17) is 14.5 Å². The van der Waals surface area contributed by atoms with Crippen LogP contribution in [0.25, 0.3) is 28.9 Å². The summed E-state index contributed by atoms with van der Waals surface area (Å²) in [6, 6.07) is 17.3. The summed E-state index contributed by atoms with van der Waals surface area (Å²) in [5.74, 6) is 0.302. The molecule has 1 aliphatic rings. The summed E-state index contributed by atoms with van der Waals surface area (Å²) in [4.78, 5) is 29.6. The lowest BCUT2D eigenvalue weighted by atomic mass is 10.0. The van der Waals surface area contributed by atoms with Gasteiger partial charge in [0.1, 0.15) is 5.65 Å². The minimum Gasteiger partial charge on any atom is -0.493 e. The Morgan fingerprint density at radius 2 is 1.81 bits per heavy atom. The number of ether oxygens (including phenoxy) is 2. The van der Waals surface area contributed by atoms with Crippen LogP contribution in [0.3, 0.4) is 0 Å². The molecule has 1 fully saturated rings. The lowest BCUT2D eigenvalue weighted by Crippen LogP contribution is -2.18. The minimum atomic E-state index is -1.03. The van der Waals surface area contributed by atoms with E-state index in [1.165, 1.54) is 16.5 Å². The van der Waals surface area contributed by atoms with E-state index in [0.717, 1.165) is 31.2 Å². The number of carboxylic acids is 1. The summed E-state index contributed by atoms with van der Waals surface area (Å²) in [5, 5.41) is 9.27. The standard InChI is InChI=1S/C29H26N2O5/c1-35-24-10-6-7-20(27(24)36-22-8-2-3-9-22)16-17-23-26(19-12-14-21(15-13-19)29(33)34)28(32)31-18-5-4-11-25(31)30-23/h4-7,10-18,22H,2-3,8-9H2,1H3,(H,33,34). The average molecular weight is 483 g/mol.